The van der Waals surface area contributed by atoms with E-state index < -0.39 is 11.6 Å². The van der Waals surface area contributed by atoms with Crippen molar-refractivity contribution in [1.82, 2.24) is 24.1 Å². The van der Waals surface area contributed by atoms with Gasteiger partial charge in [0.05, 0.1) is 10.9 Å². The van der Waals surface area contributed by atoms with Gasteiger partial charge in [-0.15, -0.1) is 5.10 Å². The molecule has 0 aliphatic rings. The molecule has 4 aromatic rings. The minimum atomic E-state index is -0.579. The van der Waals surface area contributed by atoms with Gasteiger partial charge in [-0.1, -0.05) is 31.5 Å². The molecule has 194 valence electrons. The molecule has 0 saturated carbocycles. The minimum absolute atomic E-state index is 0.108. The molecule has 0 atom stereocenters. The minimum Gasteiger partial charge on any atom is -0.352 e. The highest BCUT2D eigenvalue weighted by Crippen LogP contribution is 2.18. The highest BCUT2D eigenvalue weighted by atomic mass is 16.2. The van der Waals surface area contributed by atoms with E-state index in [1.807, 2.05) is 59.7 Å². The quantitative estimate of drug-likeness (QED) is 0.401. The number of hydrogen-bond acceptors (Lipinski definition) is 5. The van der Waals surface area contributed by atoms with Crippen molar-refractivity contribution in [1.29, 1.82) is 0 Å². The molecule has 0 radical (unpaired) electrons. The van der Waals surface area contributed by atoms with E-state index >= 15 is 0 Å². The molecule has 2 amide bonds. The Balaban J connectivity index is 1.81. The van der Waals surface area contributed by atoms with Crippen molar-refractivity contribution in [3.8, 4) is 0 Å². The SMILES string of the molecule is Cc1ccc(NC(=O)Cn2nc3n(C(C)C)c(=O)c4ccc(C(=O)NCC(C)C)cc4n3c2=O)c(C)c1. The highest BCUT2D eigenvalue weighted by molar-refractivity contribution is 5.98. The fourth-order valence-corrected chi connectivity index (χ4v) is 4.27. The molecule has 10 nitrogen and oxygen atoms in total. The van der Waals surface area contributed by atoms with E-state index in [0.717, 1.165) is 15.8 Å². The molecule has 0 spiro atoms. The van der Waals surface area contributed by atoms with Crippen LogP contribution in [0.4, 0.5) is 5.69 Å². The molecule has 0 unspecified atom stereocenters. The lowest BCUT2D eigenvalue weighted by Crippen LogP contribution is -2.30. The summed E-state index contributed by atoms with van der Waals surface area (Å²) in [6.07, 6.45) is 0. The Morgan fingerprint density at radius 2 is 1.73 bits per heavy atom. The first kappa shape index (κ1) is 25.9. The molecule has 37 heavy (non-hydrogen) atoms. The van der Waals surface area contributed by atoms with Crippen LogP contribution < -0.4 is 21.9 Å². The topological polar surface area (TPSA) is 120 Å². The van der Waals surface area contributed by atoms with Crippen molar-refractivity contribution >= 4 is 34.2 Å². The van der Waals surface area contributed by atoms with Crippen LogP contribution in [0.15, 0.2) is 46.0 Å². The van der Waals surface area contributed by atoms with E-state index in [9.17, 15) is 19.2 Å². The van der Waals surface area contributed by atoms with Crippen molar-refractivity contribution in [2.24, 2.45) is 5.92 Å². The van der Waals surface area contributed by atoms with Gasteiger partial charge in [0.25, 0.3) is 11.5 Å². The van der Waals surface area contributed by atoms with Crippen LogP contribution in [0.1, 0.15) is 55.2 Å². The fraction of sp³-hybridized carbons (Fsp3) is 0.370. The zero-order valence-corrected chi connectivity index (χ0v) is 22.0. The normalized spacial score (nSPS) is 11.6. The number of aromatic nitrogens is 4. The monoisotopic (exact) mass is 504 g/mol. The largest absolute Gasteiger partial charge is 0.352 e. The Morgan fingerprint density at radius 3 is 2.38 bits per heavy atom. The summed E-state index contributed by atoms with van der Waals surface area (Å²) < 4.78 is 3.75. The van der Waals surface area contributed by atoms with Crippen LogP contribution in [0.25, 0.3) is 16.7 Å². The van der Waals surface area contributed by atoms with E-state index in [-0.39, 0.29) is 46.7 Å². The maximum atomic E-state index is 13.5. The van der Waals surface area contributed by atoms with Gasteiger partial charge in [0, 0.05) is 23.8 Å². The van der Waals surface area contributed by atoms with Gasteiger partial charge in [0.15, 0.2) is 0 Å². The summed E-state index contributed by atoms with van der Waals surface area (Å²) in [7, 11) is 0. The van der Waals surface area contributed by atoms with Gasteiger partial charge in [-0.25, -0.2) is 13.9 Å². The zero-order chi connectivity index (χ0) is 27.0. The Kier molecular flexibility index (Phi) is 7.02. The van der Waals surface area contributed by atoms with E-state index in [0.29, 0.717) is 17.8 Å². The first-order valence-corrected chi connectivity index (χ1v) is 12.3. The van der Waals surface area contributed by atoms with Crippen LogP contribution >= 0.6 is 0 Å². The van der Waals surface area contributed by atoms with Crippen molar-refractivity contribution in [2.75, 3.05) is 11.9 Å². The third-order valence-electron chi connectivity index (χ3n) is 6.12. The number of nitrogens with zero attached hydrogens (tertiary/aromatic N) is 4. The van der Waals surface area contributed by atoms with Crippen molar-refractivity contribution in [2.45, 2.75) is 54.1 Å². The van der Waals surface area contributed by atoms with Crippen molar-refractivity contribution < 1.29 is 9.59 Å². The Bertz CT molecular complexity index is 1640. The lowest BCUT2D eigenvalue weighted by atomic mass is 10.1. The van der Waals surface area contributed by atoms with E-state index in [4.69, 9.17) is 0 Å². The molecule has 0 aliphatic carbocycles. The second-order valence-electron chi connectivity index (χ2n) is 10.0. The number of hydrogen-bond donors (Lipinski definition) is 2. The number of carbonyl (C=O) groups is 2. The van der Waals surface area contributed by atoms with Gasteiger partial charge in [0.2, 0.25) is 11.7 Å². The van der Waals surface area contributed by atoms with Gasteiger partial charge in [-0.3, -0.25) is 19.0 Å². The maximum Gasteiger partial charge on any atom is 0.352 e. The lowest BCUT2D eigenvalue weighted by Gasteiger charge is -2.13. The van der Waals surface area contributed by atoms with Gasteiger partial charge < -0.3 is 10.6 Å². The third-order valence-corrected chi connectivity index (χ3v) is 6.12. The molecule has 0 bridgehead atoms. The Labute approximate surface area is 213 Å². The number of benzene rings is 2. The van der Waals surface area contributed by atoms with Gasteiger partial charge >= 0.3 is 5.69 Å². The van der Waals surface area contributed by atoms with Crippen molar-refractivity contribution in [3.05, 3.63) is 73.9 Å². The predicted molar refractivity (Wildman–Crippen MR) is 143 cm³/mol. The van der Waals surface area contributed by atoms with E-state index in [1.165, 1.54) is 15.0 Å². The summed E-state index contributed by atoms with van der Waals surface area (Å²) in [4.78, 5) is 52.4. The van der Waals surface area contributed by atoms with Crippen molar-refractivity contribution in [3.63, 3.8) is 0 Å². The van der Waals surface area contributed by atoms with Crippen LogP contribution in [0.5, 0.6) is 0 Å². The number of amides is 2. The van der Waals surface area contributed by atoms with Crippen LogP contribution in [0, 0.1) is 19.8 Å². The third kappa shape index (κ3) is 5.04. The number of nitrogens with one attached hydrogen (secondary N) is 2. The summed E-state index contributed by atoms with van der Waals surface area (Å²) in [6, 6.07) is 10.0. The van der Waals surface area contributed by atoms with Crippen LogP contribution in [-0.2, 0) is 11.3 Å². The molecule has 0 saturated heterocycles. The van der Waals surface area contributed by atoms with Gasteiger partial charge in [-0.05, 0) is 63.4 Å². The van der Waals surface area contributed by atoms with Crippen LogP contribution in [-0.4, -0.2) is 37.1 Å². The fourth-order valence-electron chi connectivity index (χ4n) is 4.27. The van der Waals surface area contributed by atoms with Crippen LogP contribution in [0.3, 0.4) is 0 Å². The molecule has 2 heterocycles. The van der Waals surface area contributed by atoms with E-state index in [2.05, 4.69) is 15.7 Å². The second-order valence-corrected chi connectivity index (χ2v) is 10.0. The molecule has 2 aromatic heterocycles. The summed E-state index contributed by atoms with van der Waals surface area (Å²) >= 11 is 0. The number of fused-ring (bicyclic) bond motifs is 3. The molecule has 2 aromatic carbocycles. The average Bonchev–Trinajstić information content (AvgIpc) is 3.14. The summed E-state index contributed by atoms with van der Waals surface area (Å²) in [5, 5.41) is 10.3. The molecule has 0 aliphatic heterocycles. The summed E-state index contributed by atoms with van der Waals surface area (Å²) in [6.45, 7) is 11.6. The maximum absolute atomic E-state index is 13.5. The number of carbonyl (C=O) groups excluding carboxylic acids is 2. The zero-order valence-electron chi connectivity index (χ0n) is 22.0. The molecular weight excluding hydrogens is 472 g/mol. The average molecular weight is 505 g/mol. The first-order valence-electron chi connectivity index (χ1n) is 12.3. The molecular formula is C27H32N6O4. The lowest BCUT2D eigenvalue weighted by molar-refractivity contribution is -0.117. The van der Waals surface area contributed by atoms with Crippen LogP contribution in [0.2, 0.25) is 0 Å². The number of rotatable bonds is 7. The smallest absolute Gasteiger partial charge is 0.352 e. The molecule has 2 N–H and O–H groups in total. The molecule has 10 heteroatoms. The Morgan fingerprint density at radius 1 is 1.00 bits per heavy atom. The standard InChI is InChI=1S/C27H32N6O4/c1-15(2)13-28-24(35)19-8-9-20-22(12-19)33-26(32(16(3)4)25(20)36)30-31(27(33)37)14-23(34)29-21-10-7-17(5)11-18(21)6/h7-12,15-16H,13-14H2,1-6H3,(H,28,35)(H,29,34). The molecule has 0 fully saturated rings. The highest BCUT2D eigenvalue weighted by Gasteiger charge is 2.21. The number of aryl methyl sites for hydroxylation is 2. The van der Waals surface area contributed by atoms with Gasteiger partial charge in [-0.2, -0.15) is 0 Å². The summed E-state index contributed by atoms with van der Waals surface area (Å²) in [5.41, 5.74) is 2.30. The number of anilines is 1. The predicted octanol–water partition coefficient (Wildman–Crippen LogP) is 3.03. The van der Waals surface area contributed by atoms with E-state index in [1.54, 1.807) is 12.1 Å². The molecule has 4 rings (SSSR count). The summed E-state index contributed by atoms with van der Waals surface area (Å²) in [5.74, 6) is -0.347. The first-order chi connectivity index (χ1) is 17.5. The van der Waals surface area contributed by atoms with Gasteiger partial charge in [0.1, 0.15) is 6.54 Å². The second kappa shape index (κ2) is 10.0. The Hall–Kier alpha value is -4.21.